The van der Waals surface area contributed by atoms with Crippen molar-refractivity contribution in [3.63, 3.8) is 0 Å². The Balaban J connectivity index is 2.52. The molecule has 1 atom stereocenters. The van der Waals surface area contributed by atoms with Crippen LogP contribution in [-0.2, 0) is 0 Å². The Kier molecular flexibility index (Phi) is 5.23. The highest BCUT2D eigenvalue weighted by Crippen LogP contribution is 2.37. The maximum atomic E-state index is 13.5. The minimum atomic E-state index is -0.927. The van der Waals surface area contributed by atoms with Crippen LogP contribution in [0.1, 0.15) is 17.2 Å². The molecule has 6 heteroatoms. The van der Waals surface area contributed by atoms with Crippen LogP contribution in [0.25, 0.3) is 0 Å². The summed E-state index contributed by atoms with van der Waals surface area (Å²) in [7, 11) is 1.44. The monoisotopic (exact) mass is 466 g/mol. The number of halogens is 4. The molecule has 1 unspecified atom stereocenters. The first-order chi connectivity index (χ1) is 9.43. The van der Waals surface area contributed by atoms with Crippen molar-refractivity contribution in [3.05, 3.63) is 60.7 Å². The van der Waals surface area contributed by atoms with E-state index in [0.29, 0.717) is 16.9 Å². The molecule has 106 valence electrons. The molecular weight excluding hydrogens is 459 g/mol. The largest absolute Gasteiger partial charge is 0.496 e. The van der Waals surface area contributed by atoms with Gasteiger partial charge >= 0.3 is 0 Å². The maximum Gasteiger partial charge on any atom is 0.141 e. The van der Waals surface area contributed by atoms with Gasteiger partial charge in [0.2, 0.25) is 0 Å². The lowest BCUT2D eigenvalue weighted by Crippen LogP contribution is -2.04. The van der Waals surface area contributed by atoms with Gasteiger partial charge in [0.15, 0.2) is 0 Å². The first-order valence-electron chi connectivity index (χ1n) is 5.60. The molecule has 2 aromatic carbocycles. The van der Waals surface area contributed by atoms with Gasteiger partial charge in [-0.05, 0) is 39.7 Å². The average molecular weight is 469 g/mol. The van der Waals surface area contributed by atoms with Crippen LogP contribution < -0.4 is 4.74 Å². The summed E-state index contributed by atoms with van der Waals surface area (Å²) >= 11 is 9.88. The van der Waals surface area contributed by atoms with Gasteiger partial charge in [-0.3, -0.25) is 0 Å². The summed E-state index contributed by atoms with van der Waals surface area (Å²) in [6.07, 6.45) is -0.927. The molecule has 0 heterocycles. The molecule has 1 N–H and O–H groups in total. The molecule has 0 saturated heterocycles. The van der Waals surface area contributed by atoms with Gasteiger partial charge in [0.05, 0.1) is 11.6 Å². The normalized spacial score (nSPS) is 12.3. The Morgan fingerprint density at radius 1 is 1.05 bits per heavy atom. The van der Waals surface area contributed by atoms with Gasteiger partial charge in [-0.1, -0.05) is 37.9 Å². The van der Waals surface area contributed by atoms with Crippen molar-refractivity contribution in [3.8, 4) is 5.75 Å². The number of benzene rings is 2. The van der Waals surface area contributed by atoms with E-state index in [0.717, 1.165) is 8.95 Å². The number of aliphatic hydroxyl groups excluding tert-OH is 1. The van der Waals surface area contributed by atoms with E-state index in [1.165, 1.54) is 19.2 Å². The van der Waals surface area contributed by atoms with Crippen LogP contribution in [0.4, 0.5) is 4.39 Å². The summed E-state index contributed by atoms with van der Waals surface area (Å²) in [6, 6.07) is 8.22. The first-order valence-corrected chi connectivity index (χ1v) is 7.98. The van der Waals surface area contributed by atoms with Gasteiger partial charge in [-0.15, -0.1) is 0 Å². The van der Waals surface area contributed by atoms with Crippen LogP contribution in [0.5, 0.6) is 5.75 Å². The van der Waals surface area contributed by atoms with Gasteiger partial charge in [-0.25, -0.2) is 4.39 Å². The lowest BCUT2D eigenvalue weighted by molar-refractivity contribution is 0.213. The Labute approximate surface area is 141 Å². The van der Waals surface area contributed by atoms with Gasteiger partial charge in [0.1, 0.15) is 17.7 Å². The third kappa shape index (κ3) is 3.24. The fourth-order valence-electron chi connectivity index (χ4n) is 1.83. The van der Waals surface area contributed by atoms with Crippen molar-refractivity contribution >= 4 is 47.8 Å². The number of hydrogen-bond donors (Lipinski definition) is 1. The Morgan fingerprint density at radius 3 is 2.35 bits per heavy atom. The third-order valence-electron chi connectivity index (χ3n) is 2.82. The molecule has 0 aliphatic carbocycles. The SMILES string of the molecule is COc1cc(F)c(Br)cc1C(O)c1ccc(Br)cc1Br. The van der Waals surface area contributed by atoms with Crippen LogP contribution >= 0.6 is 47.8 Å². The molecular formula is C14H10Br3FO2. The summed E-state index contributed by atoms with van der Waals surface area (Å²) in [5.74, 6) is -0.138. The van der Waals surface area contributed by atoms with Crippen LogP contribution in [0.2, 0.25) is 0 Å². The van der Waals surface area contributed by atoms with Gasteiger partial charge in [0, 0.05) is 20.6 Å². The number of methoxy groups -OCH3 is 1. The fourth-order valence-corrected chi connectivity index (χ4v) is 3.45. The van der Waals surface area contributed by atoms with E-state index in [1.807, 2.05) is 12.1 Å². The van der Waals surface area contributed by atoms with Crippen molar-refractivity contribution in [2.75, 3.05) is 7.11 Å². The molecule has 0 aliphatic rings. The van der Waals surface area contributed by atoms with Crippen LogP contribution in [0, 0.1) is 5.82 Å². The van der Waals surface area contributed by atoms with Gasteiger partial charge < -0.3 is 9.84 Å². The predicted molar refractivity (Wildman–Crippen MR) is 86.6 cm³/mol. The number of rotatable bonds is 3. The van der Waals surface area contributed by atoms with E-state index in [9.17, 15) is 9.50 Å². The highest BCUT2D eigenvalue weighted by Gasteiger charge is 2.20. The van der Waals surface area contributed by atoms with Crippen molar-refractivity contribution < 1.29 is 14.2 Å². The van der Waals surface area contributed by atoms with E-state index in [2.05, 4.69) is 47.8 Å². The second-order valence-electron chi connectivity index (χ2n) is 4.08. The Bertz CT molecular complexity index is 647. The van der Waals surface area contributed by atoms with Crippen molar-refractivity contribution in [2.24, 2.45) is 0 Å². The molecule has 2 rings (SSSR count). The van der Waals surface area contributed by atoms with Crippen molar-refractivity contribution in [1.82, 2.24) is 0 Å². The topological polar surface area (TPSA) is 29.5 Å². The summed E-state index contributed by atoms with van der Waals surface area (Å²) in [6.45, 7) is 0. The zero-order valence-electron chi connectivity index (χ0n) is 10.3. The number of ether oxygens (including phenoxy) is 1. The first kappa shape index (κ1) is 15.9. The fraction of sp³-hybridized carbons (Fsp3) is 0.143. The smallest absolute Gasteiger partial charge is 0.141 e. The summed E-state index contributed by atoms with van der Waals surface area (Å²) in [4.78, 5) is 0. The molecule has 20 heavy (non-hydrogen) atoms. The van der Waals surface area contributed by atoms with Crippen LogP contribution in [-0.4, -0.2) is 12.2 Å². The summed E-state index contributed by atoms with van der Waals surface area (Å²) in [5.41, 5.74) is 1.16. The molecule has 0 saturated carbocycles. The van der Waals surface area contributed by atoms with Gasteiger partial charge in [0.25, 0.3) is 0 Å². The standard InChI is InChI=1S/C14H10Br3FO2/c1-20-13-6-12(18)11(17)5-9(13)14(19)8-3-2-7(15)4-10(8)16/h2-6,14,19H,1H3. The van der Waals surface area contributed by atoms with E-state index in [-0.39, 0.29) is 4.47 Å². The second-order valence-corrected chi connectivity index (χ2v) is 6.70. The lowest BCUT2D eigenvalue weighted by Gasteiger charge is -2.17. The van der Waals surface area contributed by atoms with Gasteiger partial charge in [-0.2, -0.15) is 0 Å². The third-order valence-corrected chi connectivity index (χ3v) is 4.61. The molecule has 0 aromatic heterocycles. The summed E-state index contributed by atoms with van der Waals surface area (Å²) in [5, 5.41) is 10.5. The molecule has 0 fully saturated rings. The van der Waals surface area contributed by atoms with Crippen LogP contribution in [0.3, 0.4) is 0 Å². The van der Waals surface area contributed by atoms with Crippen molar-refractivity contribution in [2.45, 2.75) is 6.10 Å². The van der Waals surface area contributed by atoms with E-state index in [1.54, 1.807) is 6.07 Å². The van der Waals surface area contributed by atoms with E-state index < -0.39 is 11.9 Å². The predicted octanol–water partition coefficient (Wildman–Crippen LogP) is 5.20. The van der Waals surface area contributed by atoms with Crippen LogP contribution in [0.15, 0.2) is 43.7 Å². The Hall–Kier alpha value is -0.430. The molecule has 0 amide bonds. The molecule has 2 nitrogen and oxygen atoms in total. The Morgan fingerprint density at radius 2 is 1.75 bits per heavy atom. The minimum absolute atomic E-state index is 0.278. The quantitative estimate of drug-likeness (QED) is 0.670. The van der Waals surface area contributed by atoms with E-state index >= 15 is 0 Å². The maximum absolute atomic E-state index is 13.5. The summed E-state index contributed by atoms with van der Waals surface area (Å²) < 4.78 is 20.6. The molecule has 2 aromatic rings. The van der Waals surface area contributed by atoms with Crippen molar-refractivity contribution in [1.29, 1.82) is 0 Å². The lowest BCUT2D eigenvalue weighted by atomic mass is 10.0. The molecule has 0 aliphatic heterocycles. The highest BCUT2D eigenvalue weighted by molar-refractivity contribution is 9.11. The molecule has 0 bridgehead atoms. The minimum Gasteiger partial charge on any atom is -0.496 e. The van der Waals surface area contributed by atoms with E-state index in [4.69, 9.17) is 4.74 Å². The number of hydrogen-bond acceptors (Lipinski definition) is 2. The second kappa shape index (κ2) is 6.56. The number of aliphatic hydroxyl groups is 1. The average Bonchev–Trinajstić information content (AvgIpc) is 2.40. The molecule has 0 radical (unpaired) electrons. The molecule has 0 spiro atoms. The zero-order chi connectivity index (χ0) is 14.9. The zero-order valence-corrected chi connectivity index (χ0v) is 15.1. The highest BCUT2D eigenvalue weighted by atomic mass is 79.9.